The van der Waals surface area contributed by atoms with Gasteiger partial charge in [-0.3, -0.25) is 4.79 Å². The maximum Gasteiger partial charge on any atom is 0.328 e. The molecule has 1 aromatic carbocycles. The Morgan fingerprint density at radius 1 is 1.39 bits per heavy atom. The Hall–Kier alpha value is -2.56. The molecule has 5 heteroatoms. The molecule has 0 radical (unpaired) electrons. The van der Waals surface area contributed by atoms with Gasteiger partial charge in [0.2, 0.25) is 0 Å². The average molecular weight is 244 g/mol. The Morgan fingerprint density at radius 3 is 2.78 bits per heavy atom. The highest BCUT2D eigenvalue weighted by molar-refractivity contribution is 5.88. The molecule has 0 bridgehead atoms. The normalized spacial score (nSPS) is 11.2. The fraction of sp³-hybridized carbons (Fsp3) is 0.0769. The number of nitrogens with zero attached hydrogens (tertiary/aromatic N) is 1. The Bertz CT molecular complexity index is 714. The first kappa shape index (κ1) is 11.9. The van der Waals surface area contributed by atoms with Crippen molar-refractivity contribution in [1.29, 1.82) is 0 Å². The summed E-state index contributed by atoms with van der Waals surface area (Å²) in [5, 5.41) is 9.37. The van der Waals surface area contributed by atoms with Gasteiger partial charge in [0, 0.05) is 29.8 Å². The van der Waals surface area contributed by atoms with Crippen molar-refractivity contribution in [3.05, 3.63) is 46.3 Å². The van der Waals surface area contributed by atoms with Crippen molar-refractivity contribution in [3.63, 3.8) is 0 Å². The first-order valence-electron chi connectivity index (χ1n) is 5.29. The molecule has 92 valence electrons. The monoisotopic (exact) mass is 244 g/mol. The van der Waals surface area contributed by atoms with Gasteiger partial charge in [0.15, 0.2) is 0 Å². The molecule has 0 saturated heterocycles. The number of aliphatic carboxylic acids is 1. The van der Waals surface area contributed by atoms with E-state index in [2.05, 4.69) is 0 Å². The molecule has 0 unspecified atom stereocenters. The van der Waals surface area contributed by atoms with E-state index in [1.165, 1.54) is 10.6 Å². The van der Waals surface area contributed by atoms with Gasteiger partial charge >= 0.3 is 5.97 Å². The van der Waals surface area contributed by atoms with Crippen LogP contribution < -0.4 is 11.3 Å². The van der Waals surface area contributed by atoms with Crippen molar-refractivity contribution in [1.82, 2.24) is 4.57 Å². The summed E-state index contributed by atoms with van der Waals surface area (Å²) in [4.78, 5) is 22.4. The molecule has 18 heavy (non-hydrogen) atoms. The number of benzene rings is 1. The molecule has 2 rings (SSSR count). The second kappa shape index (κ2) is 4.37. The van der Waals surface area contributed by atoms with Crippen LogP contribution in [0.3, 0.4) is 0 Å². The quantitative estimate of drug-likeness (QED) is 0.614. The van der Waals surface area contributed by atoms with Gasteiger partial charge in [-0.15, -0.1) is 0 Å². The van der Waals surface area contributed by atoms with Crippen LogP contribution in [0.5, 0.6) is 0 Å². The Balaban J connectivity index is 2.73. The first-order valence-corrected chi connectivity index (χ1v) is 5.29. The van der Waals surface area contributed by atoms with Crippen LogP contribution in [-0.2, 0) is 11.8 Å². The van der Waals surface area contributed by atoms with Gasteiger partial charge in [-0.05, 0) is 30.3 Å². The van der Waals surface area contributed by atoms with Gasteiger partial charge in [0.1, 0.15) is 0 Å². The molecule has 1 heterocycles. The van der Waals surface area contributed by atoms with E-state index in [-0.39, 0.29) is 5.56 Å². The summed E-state index contributed by atoms with van der Waals surface area (Å²) in [5.41, 5.74) is 7.10. The van der Waals surface area contributed by atoms with Crippen molar-refractivity contribution in [2.75, 3.05) is 5.73 Å². The van der Waals surface area contributed by atoms with E-state index < -0.39 is 5.97 Å². The van der Waals surface area contributed by atoms with Crippen LogP contribution in [0.2, 0.25) is 0 Å². The molecule has 0 spiro atoms. The van der Waals surface area contributed by atoms with E-state index in [1.807, 2.05) is 0 Å². The number of hydrogen-bond donors (Lipinski definition) is 2. The fourth-order valence-corrected chi connectivity index (χ4v) is 1.81. The standard InChI is InChI=1S/C13H12N2O3/c1-15-11-4-3-10(14)7-9(11)6-8(13(15)18)2-5-12(16)17/h2-7H,14H2,1H3,(H,16,17)/b5-2+. The number of nitrogen functional groups attached to an aromatic ring is 1. The molecular weight excluding hydrogens is 232 g/mol. The summed E-state index contributed by atoms with van der Waals surface area (Å²) >= 11 is 0. The highest BCUT2D eigenvalue weighted by Crippen LogP contribution is 2.17. The number of carboxylic acids is 1. The smallest absolute Gasteiger partial charge is 0.328 e. The third-order valence-electron chi connectivity index (χ3n) is 2.68. The first-order chi connectivity index (χ1) is 8.49. The second-order valence-electron chi connectivity index (χ2n) is 3.95. The van der Waals surface area contributed by atoms with Crippen LogP contribution >= 0.6 is 0 Å². The van der Waals surface area contributed by atoms with Crippen LogP contribution in [0.1, 0.15) is 5.56 Å². The van der Waals surface area contributed by atoms with Crippen LogP contribution in [-0.4, -0.2) is 15.6 Å². The molecule has 0 aliphatic heterocycles. The predicted molar refractivity (Wildman–Crippen MR) is 70.3 cm³/mol. The van der Waals surface area contributed by atoms with Crippen molar-refractivity contribution < 1.29 is 9.90 Å². The zero-order valence-electron chi connectivity index (χ0n) is 9.75. The van der Waals surface area contributed by atoms with Crippen LogP contribution in [0.4, 0.5) is 5.69 Å². The van der Waals surface area contributed by atoms with Crippen molar-refractivity contribution >= 4 is 28.6 Å². The van der Waals surface area contributed by atoms with Gasteiger partial charge in [-0.2, -0.15) is 0 Å². The third kappa shape index (κ3) is 2.10. The largest absolute Gasteiger partial charge is 0.478 e. The number of aryl methyl sites for hydroxylation is 1. The summed E-state index contributed by atoms with van der Waals surface area (Å²) in [6.45, 7) is 0. The van der Waals surface area contributed by atoms with Gasteiger partial charge in [0.25, 0.3) is 5.56 Å². The Labute approximate surface area is 103 Å². The number of fused-ring (bicyclic) bond motifs is 1. The van der Waals surface area contributed by atoms with E-state index >= 15 is 0 Å². The number of nitrogens with two attached hydrogens (primary N) is 1. The second-order valence-corrected chi connectivity index (χ2v) is 3.95. The zero-order valence-corrected chi connectivity index (χ0v) is 9.75. The molecule has 0 fully saturated rings. The number of carboxylic acid groups (broad SMARTS) is 1. The number of aromatic nitrogens is 1. The minimum Gasteiger partial charge on any atom is -0.478 e. The van der Waals surface area contributed by atoms with Crippen LogP contribution in [0, 0.1) is 0 Å². The van der Waals surface area contributed by atoms with Crippen LogP contribution in [0.25, 0.3) is 17.0 Å². The lowest BCUT2D eigenvalue weighted by atomic mass is 10.1. The van der Waals surface area contributed by atoms with E-state index in [0.29, 0.717) is 11.3 Å². The van der Waals surface area contributed by atoms with E-state index in [1.54, 1.807) is 31.3 Å². The van der Waals surface area contributed by atoms with E-state index in [9.17, 15) is 9.59 Å². The van der Waals surface area contributed by atoms with Crippen molar-refractivity contribution in [2.24, 2.45) is 7.05 Å². The lowest BCUT2D eigenvalue weighted by Crippen LogP contribution is -2.19. The molecule has 0 saturated carbocycles. The minimum atomic E-state index is -1.09. The lowest BCUT2D eigenvalue weighted by molar-refractivity contribution is -0.131. The molecular formula is C13H12N2O3. The molecule has 0 aliphatic carbocycles. The summed E-state index contributed by atoms with van der Waals surface area (Å²) in [6, 6.07) is 6.85. The molecule has 1 aromatic heterocycles. The SMILES string of the molecule is Cn1c(=O)c(/C=C/C(=O)O)cc2cc(N)ccc21. The highest BCUT2D eigenvalue weighted by atomic mass is 16.4. The third-order valence-corrected chi connectivity index (χ3v) is 2.68. The van der Waals surface area contributed by atoms with E-state index in [4.69, 9.17) is 10.8 Å². The summed E-state index contributed by atoms with van der Waals surface area (Å²) in [5.74, 6) is -1.09. The maximum absolute atomic E-state index is 12.0. The lowest BCUT2D eigenvalue weighted by Gasteiger charge is -2.07. The molecule has 3 N–H and O–H groups in total. The number of hydrogen-bond acceptors (Lipinski definition) is 3. The molecule has 5 nitrogen and oxygen atoms in total. The van der Waals surface area contributed by atoms with E-state index in [0.717, 1.165) is 17.0 Å². The minimum absolute atomic E-state index is 0.246. The molecule has 2 aromatic rings. The average Bonchev–Trinajstić information content (AvgIpc) is 2.31. The molecule has 0 aliphatic rings. The predicted octanol–water partition coefficient (Wildman–Crippen LogP) is 1.22. The molecule has 0 amide bonds. The van der Waals surface area contributed by atoms with Gasteiger partial charge in [-0.25, -0.2) is 4.79 Å². The number of anilines is 1. The number of rotatable bonds is 2. The van der Waals surface area contributed by atoms with Crippen molar-refractivity contribution in [2.45, 2.75) is 0 Å². The topological polar surface area (TPSA) is 85.3 Å². The Morgan fingerprint density at radius 2 is 2.11 bits per heavy atom. The molecule has 0 atom stereocenters. The van der Waals surface area contributed by atoms with Gasteiger partial charge < -0.3 is 15.4 Å². The zero-order chi connectivity index (χ0) is 13.3. The van der Waals surface area contributed by atoms with Gasteiger partial charge in [-0.1, -0.05) is 0 Å². The Kier molecular flexibility index (Phi) is 2.89. The fourth-order valence-electron chi connectivity index (χ4n) is 1.81. The highest BCUT2D eigenvalue weighted by Gasteiger charge is 2.05. The van der Waals surface area contributed by atoms with Crippen LogP contribution in [0.15, 0.2) is 35.1 Å². The maximum atomic E-state index is 12.0. The number of pyridine rings is 1. The summed E-state index contributed by atoms with van der Waals surface area (Å²) < 4.78 is 1.47. The summed E-state index contributed by atoms with van der Waals surface area (Å²) in [7, 11) is 1.64. The number of carbonyl (C=O) groups is 1. The summed E-state index contributed by atoms with van der Waals surface area (Å²) in [6.07, 6.45) is 2.22. The van der Waals surface area contributed by atoms with Crippen molar-refractivity contribution in [3.8, 4) is 0 Å². The van der Waals surface area contributed by atoms with Gasteiger partial charge in [0.05, 0.1) is 5.52 Å².